The maximum absolute atomic E-state index is 9.51. The monoisotopic (exact) mass is 416 g/mol. The van der Waals surface area contributed by atoms with Gasteiger partial charge in [0.1, 0.15) is 5.75 Å². The predicted molar refractivity (Wildman–Crippen MR) is 119 cm³/mol. The highest BCUT2D eigenvalue weighted by atomic mass is 35.5. The molecule has 1 atom stereocenters. The fraction of sp³-hybridized carbons (Fsp3) is 0.409. The highest BCUT2D eigenvalue weighted by Crippen LogP contribution is 2.33. The molecular weight excluding hydrogens is 388 g/mol. The van der Waals surface area contributed by atoms with Crippen molar-refractivity contribution in [2.45, 2.75) is 32.5 Å². The average Bonchev–Trinajstić information content (AvgIpc) is 3.20. The van der Waals surface area contributed by atoms with Gasteiger partial charge in [0.2, 0.25) is 0 Å². The van der Waals surface area contributed by atoms with Crippen LogP contribution in [0.2, 0.25) is 5.02 Å². The highest BCUT2D eigenvalue weighted by molar-refractivity contribution is 6.30. The second kappa shape index (κ2) is 10.4. The van der Waals surface area contributed by atoms with Crippen LogP contribution in [-0.4, -0.2) is 43.9 Å². The van der Waals surface area contributed by atoms with Gasteiger partial charge in [0, 0.05) is 30.7 Å². The summed E-state index contributed by atoms with van der Waals surface area (Å²) in [6.45, 7) is 5.14. The molecule has 0 amide bonds. The quantitative estimate of drug-likeness (QED) is 0.477. The maximum atomic E-state index is 9.51. The van der Waals surface area contributed by atoms with Crippen LogP contribution in [0.25, 0.3) is 0 Å². The van der Waals surface area contributed by atoms with Crippen molar-refractivity contribution >= 4 is 23.2 Å². The maximum Gasteiger partial charge on any atom is 0.191 e. The Morgan fingerprint density at radius 1 is 1.28 bits per heavy atom. The molecule has 1 fully saturated rings. The number of hydrogen-bond donors (Lipinski definition) is 3. The Morgan fingerprint density at radius 3 is 2.79 bits per heavy atom. The number of halogens is 1. The van der Waals surface area contributed by atoms with Crippen LogP contribution in [0.3, 0.4) is 0 Å². The first-order valence-corrected chi connectivity index (χ1v) is 10.3. The van der Waals surface area contributed by atoms with E-state index in [1.165, 1.54) is 0 Å². The van der Waals surface area contributed by atoms with Crippen LogP contribution >= 0.6 is 11.6 Å². The number of guanidine groups is 1. The van der Waals surface area contributed by atoms with Gasteiger partial charge in [-0.2, -0.15) is 0 Å². The number of aliphatic hydroxyl groups is 1. The van der Waals surface area contributed by atoms with Gasteiger partial charge in [-0.3, -0.25) is 0 Å². The Balaban J connectivity index is 1.66. The normalized spacial score (nSPS) is 16.8. The molecule has 1 saturated heterocycles. The van der Waals surface area contributed by atoms with Gasteiger partial charge in [-0.15, -0.1) is 0 Å². The number of aliphatic hydroxyl groups excluding tert-OH is 1. The number of benzene rings is 2. The summed E-state index contributed by atoms with van der Waals surface area (Å²) in [7, 11) is 1.68. The van der Waals surface area contributed by atoms with E-state index in [1.54, 1.807) is 7.11 Å². The van der Waals surface area contributed by atoms with Gasteiger partial charge in [0.25, 0.3) is 0 Å². The third kappa shape index (κ3) is 5.55. The van der Waals surface area contributed by atoms with Crippen molar-refractivity contribution in [3.05, 3.63) is 58.6 Å². The van der Waals surface area contributed by atoms with E-state index < -0.39 is 0 Å². The Labute approximate surface area is 177 Å². The second-order valence-electron chi connectivity index (χ2n) is 7.01. The van der Waals surface area contributed by atoms with E-state index in [0.29, 0.717) is 11.6 Å². The number of methoxy groups -OCH3 is 1. The third-order valence-corrected chi connectivity index (χ3v) is 5.29. The molecule has 1 aliphatic heterocycles. The van der Waals surface area contributed by atoms with Crippen LogP contribution in [0.15, 0.2) is 47.5 Å². The lowest BCUT2D eigenvalue weighted by molar-refractivity contribution is 0.280. The van der Waals surface area contributed by atoms with Gasteiger partial charge in [0.05, 0.1) is 25.9 Å². The first kappa shape index (κ1) is 21.3. The molecular formula is C22H29ClN4O2. The molecule has 6 nitrogen and oxygen atoms in total. The van der Waals surface area contributed by atoms with Gasteiger partial charge in [-0.05, 0) is 42.7 Å². The molecule has 3 N–H and O–H groups in total. The van der Waals surface area contributed by atoms with Crippen molar-refractivity contribution in [1.29, 1.82) is 0 Å². The zero-order chi connectivity index (χ0) is 20.6. The molecule has 2 aromatic carbocycles. The molecule has 1 heterocycles. The molecule has 0 aromatic heterocycles. The van der Waals surface area contributed by atoms with Crippen LogP contribution in [0, 0.1) is 0 Å². The number of rotatable bonds is 7. The minimum Gasteiger partial charge on any atom is -0.495 e. The lowest BCUT2D eigenvalue weighted by atomic mass is 10.1. The van der Waals surface area contributed by atoms with Crippen LogP contribution < -0.4 is 20.3 Å². The van der Waals surface area contributed by atoms with Gasteiger partial charge < -0.3 is 25.4 Å². The first-order valence-electron chi connectivity index (χ1n) is 9.95. The van der Waals surface area contributed by atoms with E-state index >= 15 is 0 Å². The zero-order valence-corrected chi connectivity index (χ0v) is 17.7. The largest absolute Gasteiger partial charge is 0.495 e. The minimum atomic E-state index is 0.0225. The Kier molecular flexibility index (Phi) is 7.61. The number of hydrogen-bond acceptors (Lipinski definition) is 4. The summed E-state index contributed by atoms with van der Waals surface area (Å²) in [5.74, 6) is 1.61. The molecule has 156 valence electrons. The molecule has 29 heavy (non-hydrogen) atoms. The van der Waals surface area contributed by atoms with Crippen LogP contribution in [0.4, 0.5) is 5.69 Å². The zero-order valence-electron chi connectivity index (χ0n) is 17.0. The standard InChI is InChI=1S/C22H29ClN4O2/c1-3-24-22(25-13-16-6-4-5-7-17(16)15-28)26-19-10-11-27(14-19)20-12-18(23)8-9-21(20)29-2/h4-9,12,19,28H,3,10-11,13-15H2,1-2H3,(H2,24,25,26). The summed E-state index contributed by atoms with van der Waals surface area (Å²) >= 11 is 6.19. The molecule has 7 heteroatoms. The van der Waals surface area contributed by atoms with Crippen molar-refractivity contribution in [3.8, 4) is 5.75 Å². The Morgan fingerprint density at radius 2 is 2.07 bits per heavy atom. The summed E-state index contributed by atoms with van der Waals surface area (Å²) in [6.07, 6.45) is 0.993. The number of aliphatic imine (C=N–C) groups is 1. The minimum absolute atomic E-state index is 0.0225. The van der Waals surface area contributed by atoms with E-state index in [2.05, 4.69) is 22.5 Å². The topological polar surface area (TPSA) is 69.1 Å². The van der Waals surface area contributed by atoms with Crippen molar-refractivity contribution in [2.75, 3.05) is 31.6 Å². The molecule has 0 spiro atoms. The molecule has 0 bridgehead atoms. The van der Waals surface area contributed by atoms with E-state index in [-0.39, 0.29) is 12.6 Å². The van der Waals surface area contributed by atoms with Gasteiger partial charge >= 0.3 is 0 Å². The van der Waals surface area contributed by atoms with E-state index in [4.69, 9.17) is 21.3 Å². The molecule has 1 aliphatic rings. The van der Waals surface area contributed by atoms with Crippen molar-refractivity contribution in [2.24, 2.45) is 4.99 Å². The van der Waals surface area contributed by atoms with Gasteiger partial charge in [0.15, 0.2) is 5.96 Å². The fourth-order valence-electron chi connectivity index (χ4n) is 3.55. The number of nitrogens with one attached hydrogen (secondary N) is 2. The summed E-state index contributed by atoms with van der Waals surface area (Å²) in [4.78, 5) is 7.01. The Hall–Kier alpha value is -2.44. The summed E-state index contributed by atoms with van der Waals surface area (Å²) in [6, 6.07) is 13.8. The number of anilines is 1. The van der Waals surface area contributed by atoms with E-state index in [1.807, 2.05) is 42.5 Å². The van der Waals surface area contributed by atoms with Crippen LogP contribution in [0.5, 0.6) is 5.75 Å². The number of nitrogens with zero attached hydrogens (tertiary/aromatic N) is 2. The Bertz CT molecular complexity index is 843. The van der Waals surface area contributed by atoms with Crippen molar-refractivity contribution in [3.63, 3.8) is 0 Å². The molecule has 1 unspecified atom stereocenters. The molecule has 2 aromatic rings. The second-order valence-corrected chi connectivity index (χ2v) is 7.45. The fourth-order valence-corrected chi connectivity index (χ4v) is 3.72. The first-order chi connectivity index (χ1) is 14.1. The predicted octanol–water partition coefficient (Wildman–Crippen LogP) is 3.17. The molecule has 0 saturated carbocycles. The average molecular weight is 417 g/mol. The van der Waals surface area contributed by atoms with Crippen LogP contribution in [-0.2, 0) is 13.2 Å². The lowest BCUT2D eigenvalue weighted by Gasteiger charge is -2.22. The number of ether oxygens (including phenoxy) is 1. The molecule has 3 rings (SSSR count). The summed E-state index contributed by atoms with van der Waals surface area (Å²) in [5, 5.41) is 17.1. The van der Waals surface area contributed by atoms with E-state index in [9.17, 15) is 5.11 Å². The smallest absolute Gasteiger partial charge is 0.191 e. The summed E-state index contributed by atoms with van der Waals surface area (Å²) < 4.78 is 5.50. The van der Waals surface area contributed by atoms with Gasteiger partial charge in [-0.25, -0.2) is 4.99 Å². The highest BCUT2D eigenvalue weighted by Gasteiger charge is 2.25. The van der Waals surface area contributed by atoms with Crippen molar-refractivity contribution in [1.82, 2.24) is 10.6 Å². The SMILES string of the molecule is CCNC(=NCc1ccccc1CO)NC1CCN(c2cc(Cl)ccc2OC)C1. The van der Waals surface area contributed by atoms with Crippen molar-refractivity contribution < 1.29 is 9.84 Å². The van der Waals surface area contributed by atoms with Gasteiger partial charge in [-0.1, -0.05) is 35.9 Å². The van der Waals surface area contributed by atoms with Crippen LogP contribution in [0.1, 0.15) is 24.5 Å². The summed E-state index contributed by atoms with van der Waals surface area (Å²) in [5.41, 5.74) is 2.96. The third-order valence-electron chi connectivity index (χ3n) is 5.05. The molecule has 0 radical (unpaired) electrons. The molecule has 0 aliphatic carbocycles. The lowest BCUT2D eigenvalue weighted by Crippen LogP contribution is -2.44. The van der Waals surface area contributed by atoms with E-state index in [0.717, 1.165) is 54.6 Å².